The summed E-state index contributed by atoms with van der Waals surface area (Å²) in [5, 5.41) is 7.37. The topological polar surface area (TPSA) is 86.5 Å². The summed E-state index contributed by atoms with van der Waals surface area (Å²) < 4.78 is 16.5. The molecule has 1 amide bonds. The molecule has 0 saturated carbocycles. The maximum atomic E-state index is 12.6. The largest absolute Gasteiger partial charge is 0.494 e. The zero-order chi connectivity index (χ0) is 20.2. The molecule has 1 aliphatic rings. The molecule has 2 heterocycles. The Hall–Kier alpha value is -3.06. The van der Waals surface area contributed by atoms with Gasteiger partial charge in [0.1, 0.15) is 18.1 Å². The minimum Gasteiger partial charge on any atom is -0.494 e. The van der Waals surface area contributed by atoms with Crippen LogP contribution in [0.15, 0.2) is 47.0 Å². The quantitative estimate of drug-likeness (QED) is 0.663. The van der Waals surface area contributed by atoms with Gasteiger partial charge in [0, 0.05) is 10.6 Å². The lowest BCUT2D eigenvalue weighted by molar-refractivity contribution is -0.126. The second kappa shape index (κ2) is 8.53. The first-order valence-electron chi connectivity index (χ1n) is 9.37. The van der Waals surface area contributed by atoms with E-state index in [9.17, 15) is 4.79 Å². The van der Waals surface area contributed by atoms with Crippen molar-refractivity contribution in [3.8, 4) is 22.9 Å². The van der Waals surface area contributed by atoms with Gasteiger partial charge in [-0.3, -0.25) is 4.79 Å². The van der Waals surface area contributed by atoms with Crippen molar-refractivity contribution in [1.82, 2.24) is 15.5 Å². The monoisotopic (exact) mass is 413 g/mol. The van der Waals surface area contributed by atoms with Crippen LogP contribution in [-0.2, 0) is 17.8 Å². The molecule has 1 N–H and O–H groups in total. The van der Waals surface area contributed by atoms with Crippen molar-refractivity contribution >= 4 is 17.5 Å². The summed E-state index contributed by atoms with van der Waals surface area (Å²) in [5.74, 6) is 1.89. The molecule has 1 atom stereocenters. The Bertz CT molecular complexity index is 1020. The lowest BCUT2D eigenvalue weighted by atomic mass is 9.96. The first kappa shape index (κ1) is 19.3. The van der Waals surface area contributed by atoms with Crippen LogP contribution in [0.3, 0.4) is 0 Å². The number of carbonyl (C=O) groups is 1. The molecule has 4 rings (SSSR count). The number of halogens is 1. The summed E-state index contributed by atoms with van der Waals surface area (Å²) in [6.07, 6.45) is 0.583. The molecule has 2 aromatic carbocycles. The second-order valence-corrected chi connectivity index (χ2v) is 7.09. The van der Waals surface area contributed by atoms with E-state index in [1.165, 1.54) is 0 Å². The molecule has 0 aliphatic carbocycles. The molecule has 0 spiro atoms. The number of nitrogens with one attached hydrogen (secondary N) is 1. The van der Waals surface area contributed by atoms with Gasteiger partial charge in [0.15, 0.2) is 0 Å². The number of amides is 1. The highest BCUT2D eigenvalue weighted by Crippen LogP contribution is 2.31. The predicted octanol–water partition coefficient (Wildman–Crippen LogP) is 3.66. The summed E-state index contributed by atoms with van der Waals surface area (Å²) in [5.41, 5.74) is 1.71. The van der Waals surface area contributed by atoms with Gasteiger partial charge in [0.25, 0.3) is 0 Å². The Kier molecular flexibility index (Phi) is 5.67. The van der Waals surface area contributed by atoms with Crippen LogP contribution in [0.2, 0.25) is 5.02 Å². The van der Waals surface area contributed by atoms with E-state index in [4.69, 9.17) is 25.6 Å². The molecule has 0 bridgehead atoms. The number of hydrogen-bond donors (Lipinski definition) is 1. The fourth-order valence-electron chi connectivity index (χ4n) is 3.17. The molecular formula is C21H20ClN3O4. The number of nitrogens with zero attached hydrogens (tertiary/aromatic N) is 2. The zero-order valence-corrected chi connectivity index (χ0v) is 16.6. The summed E-state index contributed by atoms with van der Waals surface area (Å²) in [7, 11) is 0. The van der Waals surface area contributed by atoms with E-state index < -0.39 is 0 Å². The number of benzene rings is 2. The highest BCUT2D eigenvalue weighted by atomic mass is 35.5. The van der Waals surface area contributed by atoms with E-state index in [2.05, 4.69) is 15.5 Å². The molecule has 0 saturated heterocycles. The molecule has 8 heteroatoms. The third kappa shape index (κ3) is 4.51. The lowest BCUT2D eigenvalue weighted by Crippen LogP contribution is -2.37. The van der Waals surface area contributed by atoms with Crippen LogP contribution >= 0.6 is 11.6 Å². The summed E-state index contributed by atoms with van der Waals surface area (Å²) >= 11 is 5.99. The molecule has 0 fully saturated rings. The highest BCUT2D eigenvalue weighted by molar-refractivity contribution is 6.30. The van der Waals surface area contributed by atoms with Gasteiger partial charge < -0.3 is 19.3 Å². The first-order chi connectivity index (χ1) is 14.1. The Balaban J connectivity index is 1.36. The third-order valence-corrected chi connectivity index (χ3v) is 4.82. The number of carbonyl (C=O) groups excluding carboxylic acids is 1. The van der Waals surface area contributed by atoms with Crippen LogP contribution in [0.25, 0.3) is 11.4 Å². The van der Waals surface area contributed by atoms with Crippen LogP contribution in [0.4, 0.5) is 0 Å². The molecular weight excluding hydrogens is 394 g/mol. The molecule has 7 nitrogen and oxygen atoms in total. The molecule has 1 unspecified atom stereocenters. The lowest BCUT2D eigenvalue weighted by Gasteiger charge is -2.24. The van der Waals surface area contributed by atoms with Crippen molar-refractivity contribution in [2.45, 2.75) is 19.9 Å². The van der Waals surface area contributed by atoms with Gasteiger partial charge in [-0.15, -0.1) is 0 Å². The van der Waals surface area contributed by atoms with Crippen LogP contribution in [0.5, 0.6) is 11.5 Å². The normalized spacial score (nSPS) is 15.3. The van der Waals surface area contributed by atoms with E-state index >= 15 is 0 Å². The number of ether oxygens (including phenoxy) is 2. The Morgan fingerprint density at radius 1 is 1.31 bits per heavy atom. The number of hydrogen-bond acceptors (Lipinski definition) is 6. The van der Waals surface area contributed by atoms with Gasteiger partial charge in [0.05, 0.1) is 19.1 Å². The Morgan fingerprint density at radius 2 is 2.21 bits per heavy atom. The Morgan fingerprint density at radius 3 is 3.03 bits per heavy atom. The summed E-state index contributed by atoms with van der Waals surface area (Å²) in [4.78, 5) is 16.9. The van der Waals surface area contributed by atoms with Crippen molar-refractivity contribution in [3.05, 3.63) is 58.9 Å². The van der Waals surface area contributed by atoms with Crippen LogP contribution in [0.1, 0.15) is 18.4 Å². The van der Waals surface area contributed by atoms with Crippen molar-refractivity contribution in [3.63, 3.8) is 0 Å². The number of rotatable bonds is 6. The summed E-state index contributed by atoms with van der Waals surface area (Å²) in [6, 6.07) is 12.9. The standard InChI is InChI=1S/C21H20ClN3O4/c1-2-27-17-6-7-18-14(10-17)8-15(12-28-18)21(26)23-11-19-24-20(25-29-19)13-4-3-5-16(22)9-13/h3-7,9-10,15H,2,8,11-12H2,1H3,(H,23,26). The SMILES string of the molecule is CCOc1ccc2c(c1)CC(C(=O)NCc1nc(-c3cccc(Cl)c3)no1)CO2. The van der Waals surface area contributed by atoms with Crippen molar-refractivity contribution in [2.75, 3.05) is 13.2 Å². The average Bonchev–Trinajstić information content (AvgIpc) is 3.21. The van der Waals surface area contributed by atoms with Gasteiger partial charge in [-0.05, 0) is 49.2 Å². The molecule has 1 aliphatic heterocycles. The van der Waals surface area contributed by atoms with Gasteiger partial charge >= 0.3 is 0 Å². The molecule has 0 radical (unpaired) electrons. The Labute approximate surface area is 173 Å². The van der Waals surface area contributed by atoms with Gasteiger partial charge in [-0.2, -0.15) is 4.98 Å². The predicted molar refractivity (Wildman–Crippen MR) is 107 cm³/mol. The average molecular weight is 414 g/mol. The van der Waals surface area contributed by atoms with Crippen LogP contribution in [-0.4, -0.2) is 29.3 Å². The van der Waals surface area contributed by atoms with Gasteiger partial charge in [-0.25, -0.2) is 0 Å². The molecule has 1 aromatic heterocycles. The maximum Gasteiger partial charge on any atom is 0.246 e. The fourth-order valence-corrected chi connectivity index (χ4v) is 3.36. The molecule has 150 valence electrons. The number of fused-ring (bicyclic) bond motifs is 1. The highest BCUT2D eigenvalue weighted by Gasteiger charge is 2.26. The third-order valence-electron chi connectivity index (χ3n) is 4.58. The maximum absolute atomic E-state index is 12.6. The minimum atomic E-state index is -0.297. The fraction of sp³-hybridized carbons (Fsp3) is 0.286. The number of aromatic nitrogens is 2. The van der Waals surface area contributed by atoms with E-state index in [1.807, 2.05) is 37.3 Å². The van der Waals surface area contributed by atoms with Crippen molar-refractivity contribution in [2.24, 2.45) is 5.92 Å². The zero-order valence-electron chi connectivity index (χ0n) is 15.9. The summed E-state index contributed by atoms with van der Waals surface area (Å²) in [6.45, 7) is 2.99. The van der Waals surface area contributed by atoms with Gasteiger partial charge in [0.2, 0.25) is 17.6 Å². The van der Waals surface area contributed by atoms with E-state index in [-0.39, 0.29) is 18.4 Å². The van der Waals surface area contributed by atoms with Crippen LogP contribution < -0.4 is 14.8 Å². The molecule has 3 aromatic rings. The smallest absolute Gasteiger partial charge is 0.246 e. The van der Waals surface area contributed by atoms with E-state index in [0.29, 0.717) is 36.4 Å². The van der Waals surface area contributed by atoms with Crippen molar-refractivity contribution < 1.29 is 18.8 Å². The first-order valence-corrected chi connectivity index (χ1v) is 9.75. The van der Waals surface area contributed by atoms with Gasteiger partial charge in [-0.1, -0.05) is 28.9 Å². The van der Waals surface area contributed by atoms with E-state index in [0.717, 1.165) is 22.6 Å². The van der Waals surface area contributed by atoms with Crippen molar-refractivity contribution in [1.29, 1.82) is 0 Å². The van der Waals surface area contributed by atoms with Crippen LogP contribution in [0, 0.1) is 5.92 Å². The molecule has 29 heavy (non-hydrogen) atoms. The second-order valence-electron chi connectivity index (χ2n) is 6.65. The minimum absolute atomic E-state index is 0.125. The van der Waals surface area contributed by atoms with E-state index in [1.54, 1.807) is 12.1 Å².